The van der Waals surface area contributed by atoms with Crippen LogP contribution in [0.5, 0.6) is 0 Å². The van der Waals surface area contributed by atoms with Gasteiger partial charge in [-0.3, -0.25) is 0 Å². The van der Waals surface area contributed by atoms with Gasteiger partial charge in [0.1, 0.15) is 0 Å². The summed E-state index contributed by atoms with van der Waals surface area (Å²) in [7, 11) is 1.71. The molecule has 0 heterocycles. The summed E-state index contributed by atoms with van der Waals surface area (Å²) in [4.78, 5) is 4.53. The maximum absolute atomic E-state index is 5.13. The van der Waals surface area contributed by atoms with Crippen LogP contribution in [0.25, 0.3) is 0 Å². The Kier molecular flexibility index (Phi) is 10.6. The van der Waals surface area contributed by atoms with Crippen LogP contribution in [0.4, 0.5) is 0 Å². The Morgan fingerprint density at radius 2 is 1.79 bits per heavy atom. The molecule has 0 saturated heterocycles. The van der Waals surface area contributed by atoms with E-state index in [1.165, 1.54) is 11.1 Å². The van der Waals surface area contributed by atoms with Gasteiger partial charge in [0.05, 0.1) is 13.2 Å². The van der Waals surface area contributed by atoms with E-state index in [0.717, 1.165) is 19.0 Å². The predicted octanol–water partition coefficient (Wildman–Crippen LogP) is 2.53. The molecule has 0 aliphatic carbocycles. The number of guanidine groups is 1. The van der Waals surface area contributed by atoms with Gasteiger partial charge in [-0.25, -0.2) is 4.99 Å². The first-order chi connectivity index (χ1) is 8.80. The molecule has 1 aromatic rings. The van der Waals surface area contributed by atoms with Crippen molar-refractivity contribution >= 4 is 29.9 Å². The van der Waals surface area contributed by atoms with Gasteiger partial charge in [0.25, 0.3) is 0 Å². The third-order valence-corrected chi connectivity index (χ3v) is 2.41. The van der Waals surface area contributed by atoms with Crippen LogP contribution >= 0.6 is 24.0 Å². The maximum Gasteiger partial charge on any atom is 0.191 e. The molecule has 0 fully saturated rings. The Hall–Kier alpha value is -0.820. The van der Waals surface area contributed by atoms with Crippen molar-refractivity contribution in [2.45, 2.75) is 27.0 Å². The molecule has 0 aromatic heterocycles. The molecule has 4 nitrogen and oxygen atoms in total. The SMILES string of the molecule is CCNC(=NCc1cccc(COC)c1)NCC.I. The minimum atomic E-state index is 0. The molecular formula is C14H24IN3O. The average molecular weight is 377 g/mol. The van der Waals surface area contributed by atoms with E-state index in [4.69, 9.17) is 4.74 Å². The van der Waals surface area contributed by atoms with E-state index in [0.29, 0.717) is 13.2 Å². The first-order valence-corrected chi connectivity index (χ1v) is 6.39. The van der Waals surface area contributed by atoms with Gasteiger partial charge in [-0.15, -0.1) is 24.0 Å². The van der Waals surface area contributed by atoms with Crippen LogP contribution in [-0.2, 0) is 17.9 Å². The first-order valence-electron chi connectivity index (χ1n) is 6.39. The van der Waals surface area contributed by atoms with Crippen molar-refractivity contribution in [3.63, 3.8) is 0 Å². The highest BCUT2D eigenvalue weighted by Crippen LogP contribution is 2.07. The van der Waals surface area contributed by atoms with Gasteiger partial charge in [-0.2, -0.15) is 0 Å². The Morgan fingerprint density at radius 1 is 1.16 bits per heavy atom. The van der Waals surface area contributed by atoms with Gasteiger partial charge in [-0.05, 0) is 25.0 Å². The van der Waals surface area contributed by atoms with E-state index in [1.807, 2.05) is 6.07 Å². The molecule has 108 valence electrons. The second-order valence-electron chi connectivity index (χ2n) is 3.98. The largest absolute Gasteiger partial charge is 0.380 e. The Bertz CT molecular complexity index is 375. The van der Waals surface area contributed by atoms with E-state index < -0.39 is 0 Å². The molecule has 1 rings (SSSR count). The van der Waals surface area contributed by atoms with Crippen molar-refractivity contribution < 1.29 is 4.74 Å². The fourth-order valence-electron chi connectivity index (χ4n) is 1.66. The summed E-state index contributed by atoms with van der Waals surface area (Å²) < 4.78 is 5.13. The maximum atomic E-state index is 5.13. The second-order valence-corrected chi connectivity index (χ2v) is 3.98. The van der Waals surface area contributed by atoms with Gasteiger partial charge in [0, 0.05) is 20.2 Å². The van der Waals surface area contributed by atoms with Crippen molar-refractivity contribution in [1.29, 1.82) is 0 Å². The summed E-state index contributed by atoms with van der Waals surface area (Å²) in [5.41, 5.74) is 2.37. The van der Waals surface area contributed by atoms with E-state index in [2.05, 4.69) is 47.7 Å². The lowest BCUT2D eigenvalue weighted by atomic mass is 10.1. The topological polar surface area (TPSA) is 45.7 Å². The number of aliphatic imine (C=N–C) groups is 1. The molecule has 19 heavy (non-hydrogen) atoms. The second kappa shape index (κ2) is 11.0. The molecule has 1 aromatic carbocycles. The third kappa shape index (κ3) is 7.37. The van der Waals surface area contributed by atoms with Crippen LogP contribution < -0.4 is 10.6 Å². The summed E-state index contributed by atoms with van der Waals surface area (Å²) in [6, 6.07) is 8.31. The number of nitrogens with one attached hydrogen (secondary N) is 2. The van der Waals surface area contributed by atoms with Crippen molar-refractivity contribution in [2.24, 2.45) is 4.99 Å². The summed E-state index contributed by atoms with van der Waals surface area (Å²) in [6.45, 7) is 7.18. The molecule has 0 saturated carbocycles. The van der Waals surface area contributed by atoms with E-state index in [-0.39, 0.29) is 24.0 Å². The van der Waals surface area contributed by atoms with Crippen LogP contribution in [0.2, 0.25) is 0 Å². The predicted molar refractivity (Wildman–Crippen MR) is 91.1 cm³/mol. The molecular weight excluding hydrogens is 353 g/mol. The molecule has 0 aliphatic heterocycles. The fourth-order valence-corrected chi connectivity index (χ4v) is 1.66. The first kappa shape index (κ1) is 18.2. The highest BCUT2D eigenvalue weighted by atomic mass is 127. The van der Waals surface area contributed by atoms with Gasteiger partial charge < -0.3 is 15.4 Å². The molecule has 0 amide bonds. The molecule has 0 aliphatic rings. The number of hydrogen-bond donors (Lipinski definition) is 2. The Morgan fingerprint density at radius 3 is 2.37 bits per heavy atom. The molecule has 0 radical (unpaired) electrons. The van der Waals surface area contributed by atoms with Crippen LogP contribution in [0, 0.1) is 0 Å². The van der Waals surface area contributed by atoms with Crippen LogP contribution in [0.3, 0.4) is 0 Å². The van der Waals surface area contributed by atoms with Crippen molar-refractivity contribution in [3.05, 3.63) is 35.4 Å². The summed E-state index contributed by atoms with van der Waals surface area (Å²) >= 11 is 0. The smallest absolute Gasteiger partial charge is 0.191 e. The van der Waals surface area contributed by atoms with Crippen molar-refractivity contribution in [1.82, 2.24) is 10.6 Å². The molecule has 0 unspecified atom stereocenters. The van der Waals surface area contributed by atoms with Gasteiger partial charge in [0.15, 0.2) is 5.96 Å². The minimum Gasteiger partial charge on any atom is -0.380 e. The third-order valence-electron chi connectivity index (χ3n) is 2.41. The molecule has 0 spiro atoms. The van der Waals surface area contributed by atoms with E-state index in [9.17, 15) is 0 Å². The molecule has 0 bridgehead atoms. The number of hydrogen-bond acceptors (Lipinski definition) is 2. The summed E-state index contributed by atoms with van der Waals surface area (Å²) in [5.74, 6) is 0.858. The van der Waals surface area contributed by atoms with Crippen LogP contribution in [-0.4, -0.2) is 26.2 Å². The lowest BCUT2D eigenvalue weighted by Crippen LogP contribution is -2.36. The van der Waals surface area contributed by atoms with Crippen molar-refractivity contribution in [3.8, 4) is 0 Å². The Balaban J connectivity index is 0.00000324. The fraction of sp³-hybridized carbons (Fsp3) is 0.500. The number of nitrogens with zero attached hydrogens (tertiary/aromatic N) is 1. The number of halogens is 1. The number of benzene rings is 1. The van der Waals surface area contributed by atoms with E-state index in [1.54, 1.807) is 7.11 Å². The zero-order valence-electron chi connectivity index (χ0n) is 11.9. The average Bonchev–Trinajstić information content (AvgIpc) is 2.37. The zero-order chi connectivity index (χ0) is 13.2. The monoisotopic (exact) mass is 377 g/mol. The molecule has 5 heteroatoms. The number of methoxy groups -OCH3 is 1. The Labute approximate surface area is 133 Å². The van der Waals surface area contributed by atoms with E-state index >= 15 is 0 Å². The highest BCUT2D eigenvalue weighted by Gasteiger charge is 1.97. The van der Waals surface area contributed by atoms with Crippen LogP contribution in [0.1, 0.15) is 25.0 Å². The lowest BCUT2D eigenvalue weighted by Gasteiger charge is -2.09. The van der Waals surface area contributed by atoms with Gasteiger partial charge in [-0.1, -0.05) is 24.3 Å². The van der Waals surface area contributed by atoms with Gasteiger partial charge >= 0.3 is 0 Å². The minimum absolute atomic E-state index is 0. The summed E-state index contributed by atoms with van der Waals surface area (Å²) in [5, 5.41) is 6.42. The highest BCUT2D eigenvalue weighted by molar-refractivity contribution is 14.0. The number of rotatable bonds is 6. The van der Waals surface area contributed by atoms with Crippen molar-refractivity contribution in [2.75, 3.05) is 20.2 Å². The lowest BCUT2D eigenvalue weighted by molar-refractivity contribution is 0.185. The van der Waals surface area contributed by atoms with Gasteiger partial charge in [0.2, 0.25) is 0 Å². The zero-order valence-corrected chi connectivity index (χ0v) is 14.2. The standard InChI is InChI=1S/C14H23N3O.HI/c1-4-15-14(16-5-2)17-10-12-7-6-8-13(9-12)11-18-3;/h6-9H,4-5,10-11H2,1-3H3,(H2,15,16,17);1H. The molecule has 2 N–H and O–H groups in total. The summed E-state index contributed by atoms with van der Waals surface area (Å²) in [6.07, 6.45) is 0. The molecule has 0 atom stereocenters. The quantitative estimate of drug-likeness (QED) is 0.455. The van der Waals surface area contributed by atoms with Crippen LogP contribution in [0.15, 0.2) is 29.3 Å². The normalized spacial score (nSPS) is 9.42. The number of ether oxygens (including phenoxy) is 1.